The van der Waals surface area contributed by atoms with Gasteiger partial charge in [0.25, 0.3) is 0 Å². The first kappa shape index (κ1) is 14.8. The molecule has 3 heteroatoms. The van der Waals surface area contributed by atoms with Crippen molar-refractivity contribution in [1.29, 1.82) is 5.26 Å². The van der Waals surface area contributed by atoms with Crippen LogP contribution in [0.4, 0.5) is 0 Å². The van der Waals surface area contributed by atoms with Crippen LogP contribution in [-0.4, -0.2) is 5.91 Å². The molecule has 1 atom stereocenters. The van der Waals surface area contributed by atoms with Crippen LogP contribution in [0.15, 0.2) is 24.3 Å². The lowest BCUT2D eigenvalue weighted by Gasteiger charge is -2.55. The Morgan fingerprint density at radius 1 is 1.13 bits per heavy atom. The molecule has 0 aliphatic heterocycles. The van der Waals surface area contributed by atoms with Crippen molar-refractivity contribution in [2.75, 3.05) is 0 Å². The van der Waals surface area contributed by atoms with E-state index in [9.17, 15) is 4.79 Å². The molecule has 5 rings (SSSR count). The average molecular weight is 308 g/mol. The first-order valence-electron chi connectivity index (χ1n) is 8.89. The topological polar surface area (TPSA) is 52.9 Å². The van der Waals surface area contributed by atoms with Gasteiger partial charge in [-0.25, -0.2) is 0 Å². The summed E-state index contributed by atoms with van der Waals surface area (Å²) in [5, 5.41) is 12.2. The molecule has 1 aromatic carbocycles. The summed E-state index contributed by atoms with van der Waals surface area (Å²) in [7, 11) is 0. The third kappa shape index (κ3) is 2.55. The Labute approximate surface area is 138 Å². The Bertz CT molecular complexity index is 620. The van der Waals surface area contributed by atoms with Crippen LogP contribution in [-0.2, 0) is 4.79 Å². The van der Waals surface area contributed by atoms with E-state index in [1.165, 1.54) is 19.3 Å². The number of carbonyl (C=O) groups is 1. The summed E-state index contributed by atoms with van der Waals surface area (Å²) in [6.45, 7) is 2.04. The molecule has 0 aromatic heterocycles. The summed E-state index contributed by atoms with van der Waals surface area (Å²) >= 11 is 0. The van der Waals surface area contributed by atoms with E-state index in [4.69, 9.17) is 5.26 Å². The number of amides is 1. The zero-order valence-corrected chi connectivity index (χ0v) is 13.7. The van der Waals surface area contributed by atoms with E-state index in [0.717, 1.165) is 42.6 Å². The van der Waals surface area contributed by atoms with Crippen LogP contribution in [0.2, 0.25) is 0 Å². The molecule has 0 heterocycles. The molecule has 23 heavy (non-hydrogen) atoms. The van der Waals surface area contributed by atoms with E-state index in [0.29, 0.717) is 5.56 Å². The molecule has 3 nitrogen and oxygen atoms in total. The highest BCUT2D eigenvalue weighted by Crippen LogP contribution is 2.60. The van der Waals surface area contributed by atoms with Gasteiger partial charge in [-0.2, -0.15) is 5.26 Å². The predicted molar refractivity (Wildman–Crippen MR) is 88.3 cm³/mol. The summed E-state index contributed by atoms with van der Waals surface area (Å²) in [4.78, 5) is 13.0. The van der Waals surface area contributed by atoms with E-state index in [1.54, 1.807) is 0 Å². The van der Waals surface area contributed by atoms with Gasteiger partial charge in [-0.3, -0.25) is 4.79 Å². The molecule has 1 N–H and O–H groups in total. The second-order valence-corrected chi connectivity index (χ2v) is 8.13. The molecular weight excluding hydrogens is 284 g/mol. The fourth-order valence-electron chi connectivity index (χ4n) is 5.67. The van der Waals surface area contributed by atoms with Crippen molar-refractivity contribution in [2.24, 2.45) is 23.2 Å². The van der Waals surface area contributed by atoms with Crippen LogP contribution in [0.25, 0.3) is 0 Å². The molecule has 4 fully saturated rings. The number of carbonyl (C=O) groups excluding carboxylic acids is 1. The molecule has 1 amide bonds. The summed E-state index contributed by atoms with van der Waals surface area (Å²) in [6.07, 6.45) is 7.38. The Morgan fingerprint density at radius 2 is 1.65 bits per heavy atom. The van der Waals surface area contributed by atoms with E-state index in [-0.39, 0.29) is 17.4 Å². The van der Waals surface area contributed by atoms with Crippen molar-refractivity contribution < 1.29 is 4.79 Å². The molecule has 4 aliphatic rings. The van der Waals surface area contributed by atoms with E-state index in [1.807, 2.05) is 31.2 Å². The average Bonchev–Trinajstić information content (AvgIpc) is 2.53. The van der Waals surface area contributed by atoms with Gasteiger partial charge < -0.3 is 5.32 Å². The van der Waals surface area contributed by atoms with Gasteiger partial charge in [0.2, 0.25) is 5.91 Å². The van der Waals surface area contributed by atoms with E-state index in [2.05, 4.69) is 11.4 Å². The number of nitrogens with one attached hydrogen (secondary N) is 1. The first-order valence-corrected chi connectivity index (χ1v) is 8.89. The molecular formula is C20H24N2O. The van der Waals surface area contributed by atoms with Crippen molar-refractivity contribution in [1.82, 2.24) is 5.32 Å². The molecule has 4 bridgehead atoms. The van der Waals surface area contributed by atoms with Gasteiger partial charge >= 0.3 is 0 Å². The highest BCUT2D eigenvalue weighted by atomic mass is 16.2. The fourth-order valence-corrected chi connectivity index (χ4v) is 5.67. The number of hydrogen-bond donors (Lipinski definition) is 1. The van der Waals surface area contributed by atoms with Gasteiger partial charge in [0, 0.05) is 5.41 Å². The Morgan fingerprint density at radius 3 is 2.13 bits per heavy atom. The van der Waals surface area contributed by atoms with Crippen LogP contribution >= 0.6 is 0 Å². The maximum absolute atomic E-state index is 13.0. The third-order valence-corrected chi connectivity index (χ3v) is 6.41. The van der Waals surface area contributed by atoms with Crippen molar-refractivity contribution in [3.05, 3.63) is 35.4 Å². The normalized spacial score (nSPS) is 35.6. The summed E-state index contributed by atoms with van der Waals surface area (Å²) in [5.41, 5.74) is 1.64. The van der Waals surface area contributed by atoms with Gasteiger partial charge in [-0.15, -0.1) is 0 Å². The minimum atomic E-state index is -0.0877. The monoisotopic (exact) mass is 308 g/mol. The molecule has 4 aliphatic carbocycles. The Balaban J connectivity index is 1.48. The largest absolute Gasteiger partial charge is 0.349 e. The molecule has 0 saturated heterocycles. The standard InChI is InChI=1S/C20H24N2O/c1-13(18-4-2-14(12-21)3-5-18)22-19(23)20-9-15-6-16(10-20)8-17(7-15)11-20/h2-5,13,15-17H,6-11H2,1H3,(H,22,23). The highest BCUT2D eigenvalue weighted by Gasteiger charge is 2.54. The number of hydrogen-bond acceptors (Lipinski definition) is 2. The van der Waals surface area contributed by atoms with Gasteiger partial charge in [0.05, 0.1) is 17.7 Å². The van der Waals surface area contributed by atoms with Crippen molar-refractivity contribution in [3.8, 4) is 6.07 Å². The maximum atomic E-state index is 13.0. The molecule has 4 saturated carbocycles. The van der Waals surface area contributed by atoms with Crippen LogP contribution in [0.3, 0.4) is 0 Å². The first-order chi connectivity index (χ1) is 11.1. The fraction of sp³-hybridized carbons (Fsp3) is 0.600. The number of benzene rings is 1. The number of nitrogens with zero attached hydrogens (tertiary/aromatic N) is 1. The Hall–Kier alpha value is -1.82. The molecule has 1 unspecified atom stereocenters. The zero-order valence-electron chi connectivity index (χ0n) is 13.7. The molecule has 1 aromatic rings. The summed E-state index contributed by atoms with van der Waals surface area (Å²) in [5.74, 6) is 2.64. The van der Waals surface area contributed by atoms with Crippen LogP contribution < -0.4 is 5.32 Å². The van der Waals surface area contributed by atoms with Gasteiger partial charge in [-0.05, 0) is 80.9 Å². The third-order valence-electron chi connectivity index (χ3n) is 6.41. The van der Waals surface area contributed by atoms with Gasteiger partial charge in [0.1, 0.15) is 0 Å². The minimum Gasteiger partial charge on any atom is -0.349 e. The van der Waals surface area contributed by atoms with Crippen molar-refractivity contribution >= 4 is 5.91 Å². The SMILES string of the molecule is CC(NC(=O)C12CC3CC(CC(C3)C1)C2)c1ccc(C#N)cc1. The smallest absolute Gasteiger partial charge is 0.226 e. The van der Waals surface area contributed by atoms with Crippen molar-refractivity contribution in [2.45, 2.75) is 51.5 Å². The second-order valence-electron chi connectivity index (χ2n) is 8.13. The predicted octanol–water partition coefficient (Wildman–Crippen LogP) is 3.95. The minimum absolute atomic E-state index is 0.00301. The van der Waals surface area contributed by atoms with Gasteiger partial charge in [0.15, 0.2) is 0 Å². The lowest BCUT2D eigenvalue weighted by Crippen LogP contribution is -2.53. The van der Waals surface area contributed by atoms with Crippen molar-refractivity contribution in [3.63, 3.8) is 0 Å². The zero-order chi connectivity index (χ0) is 16.0. The van der Waals surface area contributed by atoms with Crippen LogP contribution in [0.5, 0.6) is 0 Å². The molecule has 0 spiro atoms. The van der Waals surface area contributed by atoms with Crippen LogP contribution in [0, 0.1) is 34.5 Å². The number of nitriles is 1. The summed E-state index contributed by atoms with van der Waals surface area (Å²) in [6, 6.07) is 9.68. The Kier molecular flexibility index (Phi) is 3.44. The number of rotatable bonds is 3. The maximum Gasteiger partial charge on any atom is 0.226 e. The lowest BCUT2D eigenvalue weighted by atomic mass is 9.49. The van der Waals surface area contributed by atoms with E-state index >= 15 is 0 Å². The molecule has 120 valence electrons. The van der Waals surface area contributed by atoms with E-state index < -0.39 is 0 Å². The lowest BCUT2D eigenvalue weighted by molar-refractivity contribution is -0.147. The van der Waals surface area contributed by atoms with Gasteiger partial charge in [-0.1, -0.05) is 12.1 Å². The summed E-state index contributed by atoms with van der Waals surface area (Å²) < 4.78 is 0. The highest BCUT2D eigenvalue weighted by molar-refractivity contribution is 5.83. The molecule has 0 radical (unpaired) electrons. The van der Waals surface area contributed by atoms with Crippen LogP contribution in [0.1, 0.15) is 62.6 Å². The second kappa shape index (κ2) is 5.37. The quantitative estimate of drug-likeness (QED) is 0.919.